The zero-order valence-corrected chi connectivity index (χ0v) is 12.2. The Bertz CT molecular complexity index is 469. The van der Waals surface area contributed by atoms with Crippen molar-refractivity contribution in [2.75, 3.05) is 26.2 Å². The predicted molar refractivity (Wildman–Crippen MR) is 76.9 cm³/mol. The van der Waals surface area contributed by atoms with E-state index in [9.17, 15) is 9.18 Å². The fourth-order valence-corrected chi connectivity index (χ4v) is 2.62. The number of carbonyl (C=O) groups is 1. The summed E-state index contributed by atoms with van der Waals surface area (Å²) in [5.41, 5.74) is 5.84. The van der Waals surface area contributed by atoms with Crippen molar-refractivity contribution in [2.24, 2.45) is 5.73 Å². The van der Waals surface area contributed by atoms with Gasteiger partial charge in [-0.05, 0) is 19.1 Å². The van der Waals surface area contributed by atoms with Crippen LogP contribution in [0.3, 0.4) is 0 Å². The summed E-state index contributed by atoms with van der Waals surface area (Å²) in [6.45, 7) is 5.33. The molecule has 110 valence electrons. The van der Waals surface area contributed by atoms with Crippen LogP contribution in [-0.4, -0.2) is 47.9 Å². The number of primary amides is 1. The van der Waals surface area contributed by atoms with Crippen molar-refractivity contribution in [3.8, 4) is 0 Å². The van der Waals surface area contributed by atoms with Gasteiger partial charge >= 0.3 is 0 Å². The first kappa shape index (κ1) is 15.2. The number of amides is 1. The molecule has 2 rings (SSSR count). The van der Waals surface area contributed by atoms with Gasteiger partial charge in [-0.1, -0.05) is 17.7 Å². The van der Waals surface area contributed by atoms with Gasteiger partial charge in [-0.3, -0.25) is 14.6 Å². The average Bonchev–Trinajstić information content (AvgIpc) is 2.43. The van der Waals surface area contributed by atoms with E-state index < -0.39 is 0 Å². The van der Waals surface area contributed by atoms with Gasteiger partial charge in [-0.15, -0.1) is 0 Å². The molecule has 0 bridgehead atoms. The van der Waals surface area contributed by atoms with Crippen LogP contribution in [-0.2, 0) is 11.3 Å². The predicted octanol–water partition coefficient (Wildman–Crippen LogP) is 1.47. The van der Waals surface area contributed by atoms with Gasteiger partial charge in [0.1, 0.15) is 5.82 Å². The minimum absolute atomic E-state index is 0.255. The summed E-state index contributed by atoms with van der Waals surface area (Å²) < 4.78 is 13.7. The SMILES string of the molecule is C[C@@H](C(N)=O)N1CCN(Cc2c(F)cccc2Cl)CC1. The largest absolute Gasteiger partial charge is 0.368 e. The molecule has 0 aromatic heterocycles. The molecule has 0 unspecified atom stereocenters. The third-order valence-electron chi connectivity index (χ3n) is 3.81. The van der Waals surface area contributed by atoms with Gasteiger partial charge < -0.3 is 5.73 Å². The normalized spacial score (nSPS) is 18.9. The Balaban J connectivity index is 1.93. The molecular weight excluding hydrogens is 281 g/mol. The van der Waals surface area contributed by atoms with Crippen LogP contribution in [0.15, 0.2) is 18.2 Å². The van der Waals surface area contributed by atoms with Crippen LogP contribution in [0, 0.1) is 5.82 Å². The zero-order valence-electron chi connectivity index (χ0n) is 11.5. The van der Waals surface area contributed by atoms with Crippen molar-refractivity contribution in [1.82, 2.24) is 9.80 Å². The number of hydrogen-bond donors (Lipinski definition) is 1. The van der Waals surface area contributed by atoms with E-state index in [1.165, 1.54) is 6.07 Å². The van der Waals surface area contributed by atoms with Crippen molar-refractivity contribution in [3.05, 3.63) is 34.6 Å². The third kappa shape index (κ3) is 3.48. The lowest BCUT2D eigenvalue weighted by Gasteiger charge is -2.37. The zero-order chi connectivity index (χ0) is 14.7. The molecular formula is C14H19ClFN3O. The third-order valence-corrected chi connectivity index (χ3v) is 4.16. The lowest BCUT2D eigenvalue weighted by molar-refractivity contribution is -0.123. The summed E-state index contributed by atoms with van der Waals surface area (Å²) in [5, 5.41) is 0.456. The first-order valence-corrected chi connectivity index (χ1v) is 7.05. The maximum atomic E-state index is 13.7. The summed E-state index contributed by atoms with van der Waals surface area (Å²) >= 11 is 6.03. The molecule has 1 aliphatic heterocycles. The summed E-state index contributed by atoms with van der Waals surface area (Å²) in [5.74, 6) is -0.582. The quantitative estimate of drug-likeness (QED) is 0.916. The number of nitrogens with two attached hydrogens (primary N) is 1. The summed E-state index contributed by atoms with van der Waals surface area (Å²) in [6.07, 6.45) is 0. The van der Waals surface area contributed by atoms with E-state index in [0.29, 0.717) is 17.1 Å². The van der Waals surface area contributed by atoms with Crippen molar-refractivity contribution in [3.63, 3.8) is 0 Å². The van der Waals surface area contributed by atoms with Gasteiger partial charge in [0.05, 0.1) is 6.04 Å². The van der Waals surface area contributed by atoms with Crippen LogP contribution in [0.5, 0.6) is 0 Å². The highest BCUT2D eigenvalue weighted by Gasteiger charge is 2.24. The van der Waals surface area contributed by atoms with Crippen molar-refractivity contribution in [1.29, 1.82) is 0 Å². The van der Waals surface area contributed by atoms with E-state index in [0.717, 1.165) is 26.2 Å². The van der Waals surface area contributed by atoms with Gasteiger partial charge in [-0.25, -0.2) is 4.39 Å². The topological polar surface area (TPSA) is 49.6 Å². The van der Waals surface area contributed by atoms with E-state index in [2.05, 4.69) is 4.90 Å². The number of benzene rings is 1. The molecule has 6 heteroatoms. The van der Waals surface area contributed by atoms with Gasteiger partial charge in [-0.2, -0.15) is 0 Å². The van der Waals surface area contributed by atoms with Gasteiger partial charge in [0, 0.05) is 43.3 Å². The van der Waals surface area contributed by atoms with E-state index >= 15 is 0 Å². The molecule has 1 aromatic carbocycles. The van der Waals surface area contributed by atoms with Gasteiger partial charge in [0.2, 0.25) is 5.91 Å². The minimum atomic E-state index is -0.310. The Hall–Kier alpha value is -1.17. The fourth-order valence-electron chi connectivity index (χ4n) is 2.40. The second-order valence-corrected chi connectivity index (χ2v) is 5.50. The smallest absolute Gasteiger partial charge is 0.234 e. The van der Waals surface area contributed by atoms with Crippen LogP contribution >= 0.6 is 11.6 Å². The highest BCUT2D eigenvalue weighted by Crippen LogP contribution is 2.21. The van der Waals surface area contributed by atoms with Crippen molar-refractivity contribution >= 4 is 17.5 Å². The number of hydrogen-bond acceptors (Lipinski definition) is 3. The highest BCUT2D eigenvalue weighted by molar-refractivity contribution is 6.31. The Labute approximate surface area is 123 Å². The number of halogens is 2. The van der Waals surface area contributed by atoms with Crippen LogP contribution in [0.2, 0.25) is 5.02 Å². The lowest BCUT2D eigenvalue weighted by Crippen LogP contribution is -2.52. The summed E-state index contributed by atoms with van der Waals surface area (Å²) in [7, 11) is 0. The molecule has 0 spiro atoms. The van der Waals surface area contributed by atoms with Gasteiger partial charge in [0.15, 0.2) is 0 Å². The summed E-state index contributed by atoms with van der Waals surface area (Å²) in [4.78, 5) is 15.3. The fraction of sp³-hybridized carbons (Fsp3) is 0.500. The maximum Gasteiger partial charge on any atom is 0.234 e. The monoisotopic (exact) mass is 299 g/mol. The van der Waals surface area contributed by atoms with E-state index in [4.69, 9.17) is 17.3 Å². The lowest BCUT2D eigenvalue weighted by atomic mass is 10.1. The Morgan fingerprint density at radius 1 is 1.40 bits per heavy atom. The number of piperazine rings is 1. The Kier molecular flexibility index (Phi) is 4.96. The van der Waals surface area contributed by atoms with Gasteiger partial charge in [0.25, 0.3) is 0 Å². The molecule has 2 N–H and O–H groups in total. The van der Waals surface area contributed by atoms with Crippen LogP contribution in [0.4, 0.5) is 4.39 Å². The standard InChI is InChI=1S/C14H19ClFN3O/c1-10(14(17)20)19-7-5-18(6-8-19)9-11-12(15)3-2-4-13(11)16/h2-4,10H,5-9H2,1H3,(H2,17,20)/t10-/m0/s1. The molecule has 1 heterocycles. The van der Waals surface area contributed by atoms with E-state index in [-0.39, 0.29) is 17.8 Å². The molecule has 1 fully saturated rings. The number of rotatable bonds is 4. The maximum absolute atomic E-state index is 13.7. The second-order valence-electron chi connectivity index (χ2n) is 5.09. The first-order valence-electron chi connectivity index (χ1n) is 6.67. The van der Waals surface area contributed by atoms with Crippen molar-refractivity contribution in [2.45, 2.75) is 19.5 Å². The Morgan fingerprint density at radius 2 is 2.05 bits per heavy atom. The molecule has 0 radical (unpaired) electrons. The van der Waals surface area contributed by atoms with E-state index in [1.54, 1.807) is 12.1 Å². The molecule has 0 saturated carbocycles. The van der Waals surface area contributed by atoms with Crippen LogP contribution in [0.1, 0.15) is 12.5 Å². The molecule has 20 heavy (non-hydrogen) atoms. The number of carbonyl (C=O) groups excluding carboxylic acids is 1. The number of nitrogens with zero attached hydrogens (tertiary/aromatic N) is 2. The van der Waals surface area contributed by atoms with Crippen LogP contribution < -0.4 is 5.73 Å². The molecule has 1 saturated heterocycles. The first-order chi connectivity index (χ1) is 9.49. The molecule has 1 aromatic rings. The molecule has 0 aliphatic carbocycles. The second kappa shape index (κ2) is 6.52. The molecule has 1 atom stereocenters. The average molecular weight is 300 g/mol. The molecule has 4 nitrogen and oxygen atoms in total. The van der Waals surface area contributed by atoms with E-state index in [1.807, 2.05) is 11.8 Å². The summed E-state index contributed by atoms with van der Waals surface area (Å²) in [6, 6.07) is 4.47. The highest BCUT2D eigenvalue weighted by atomic mass is 35.5. The Morgan fingerprint density at radius 3 is 2.60 bits per heavy atom. The minimum Gasteiger partial charge on any atom is -0.368 e. The molecule has 1 amide bonds. The molecule has 1 aliphatic rings. The van der Waals surface area contributed by atoms with Crippen LogP contribution in [0.25, 0.3) is 0 Å². The van der Waals surface area contributed by atoms with Crippen molar-refractivity contribution < 1.29 is 9.18 Å².